The molecule has 0 saturated carbocycles. The van der Waals surface area contributed by atoms with Crippen LogP contribution < -0.4 is 0 Å². The Balaban J connectivity index is 0.000000207. The Labute approximate surface area is 363 Å². The first-order chi connectivity index (χ1) is 29.1. The van der Waals surface area contributed by atoms with Crippen LogP contribution in [0.4, 0.5) is 0 Å². The van der Waals surface area contributed by atoms with Crippen LogP contribution in [0.3, 0.4) is 0 Å². The molecule has 0 saturated heterocycles. The van der Waals surface area contributed by atoms with Crippen LogP contribution in [0.1, 0.15) is 147 Å². The van der Waals surface area contributed by atoms with E-state index >= 15 is 0 Å². The molecule has 0 atom stereocenters. The lowest BCUT2D eigenvalue weighted by atomic mass is 9.64. The van der Waals surface area contributed by atoms with E-state index in [1.807, 2.05) is 54.6 Å². The third kappa shape index (κ3) is 8.82. The average molecular weight is 811 g/mol. The Morgan fingerprint density at radius 1 is 0.295 bits per heavy atom. The molecule has 0 heterocycles. The summed E-state index contributed by atoms with van der Waals surface area (Å²) in [5.74, 6) is 2.12. The molecule has 0 radical (unpaired) electrons. The number of rotatable bonds is 11. The first-order valence-electron chi connectivity index (χ1n) is 21.6. The summed E-state index contributed by atoms with van der Waals surface area (Å²) in [6, 6.07) is 55.3. The minimum atomic E-state index is -0.614. The Hall–Kier alpha value is -6.26. The van der Waals surface area contributed by atoms with Crippen molar-refractivity contribution in [2.45, 2.75) is 96.8 Å². The summed E-state index contributed by atoms with van der Waals surface area (Å²) < 4.78 is 0. The molecule has 0 amide bonds. The molecule has 0 fully saturated rings. The van der Waals surface area contributed by atoms with E-state index in [1.54, 1.807) is 12.1 Å². The average Bonchev–Trinajstić information content (AvgIpc) is 3.26. The Morgan fingerprint density at radius 2 is 0.541 bits per heavy atom. The fourth-order valence-electron chi connectivity index (χ4n) is 8.80. The Bertz CT molecular complexity index is 2380. The third-order valence-corrected chi connectivity index (χ3v) is 12.4. The van der Waals surface area contributed by atoms with Gasteiger partial charge in [0.05, 0.1) is 5.41 Å². The van der Waals surface area contributed by atoms with E-state index in [0.717, 1.165) is 55.6 Å². The van der Waals surface area contributed by atoms with Crippen molar-refractivity contribution >= 4 is 0 Å². The van der Waals surface area contributed by atoms with Crippen molar-refractivity contribution in [3.8, 4) is 23.0 Å². The van der Waals surface area contributed by atoms with Gasteiger partial charge in [0.25, 0.3) is 0 Å². The van der Waals surface area contributed by atoms with Gasteiger partial charge in [-0.25, -0.2) is 0 Å². The molecule has 0 spiro atoms. The van der Waals surface area contributed by atoms with Gasteiger partial charge < -0.3 is 20.4 Å². The predicted molar refractivity (Wildman–Crippen MR) is 253 cm³/mol. The number of hydrogen-bond donors (Lipinski definition) is 4. The van der Waals surface area contributed by atoms with Crippen LogP contribution in [-0.4, -0.2) is 20.4 Å². The van der Waals surface area contributed by atoms with Crippen LogP contribution in [0.15, 0.2) is 164 Å². The van der Waals surface area contributed by atoms with Gasteiger partial charge >= 0.3 is 0 Å². The maximum atomic E-state index is 10.6. The van der Waals surface area contributed by atoms with Gasteiger partial charge in [0.15, 0.2) is 0 Å². The van der Waals surface area contributed by atoms with E-state index in [0.29, 0.717) is 23.0 Å². The molecule has 0 aliphatic heterocycles. The van der Waals surface area contributed by atoms with Gasteiger partial charge in [-0.05, 0) is 116 Å². The van der Waals surface area contributed by atoms with Crippen LogP contribution in [-0.2, 0) is 10.8 Å². The lowest BCUT2D eigenvalue weighted by molar-refractivity contribution is 0.462. The maximum absolute atomic E-state index is 10.6. The summed E-state index contributed by atoms with van der Waals surface area (Å²) in [4.78, 5) is 0. The summed E-state index contributed by atoms with van der Waals surface area (Å²) in [5.41, 5.74) is 10.6. The smallest absolute Gasteiger partial charge is 0.119 e. The zero-order valence-electron chi connectivity index (χ0n) is 37.2. The third-order valence-electron chi connectivity index (χ3n) is 12.4. The van der Waals surface area contributed by atoms with E-state index in [9.17, 15) is 20.4 Å². The minimum Gasteiger partial charge on any atom is -0.508 e. The zero-order valence-corrected chi connectivity index (χ0v) is 37.2. The molecular formula is C57H62O4. The fraction of sp³-hybridized carbons (Fsp3) is 0.263. The SMILES string of the molecule is CC(C)c1cc(C(C)(c2ccccc2)c2ccc(O)c(C(C)C)c2)ccc1O.CC(C)c1cc(C(c2ccccc2)(c2ccccc2)c2ccc(O)c(C(C)C)c2)ccc1O. The van der Waals surface area contributed by atoms with Crippen molar-refractivity contribution < 1.29 is 20.4 Å². The fourth-order valence-corrected chi connectivity index (χ4v) is 8.80. The summed E-state index contributed by atoms with van der Waals surface area (Å²) in [6.45, 7) is 19.0. The molecule has 314 valence electrons. The standard InChI is InChI=1S/C31H32O2.C26H30O2/c1-21(2)27-19-25(15-17-29(27)32)31(23-11-7-5-8-12-23,24-13-9-6-10-14-24)26-16-18-30(33)28(20-26)22(3)4;1-17(2)22-15-20(11-13-24(22)27)26(5,19-9-7-6-8-10-19)21-12-14-25(28)23(16-21)18(3)4/h5-22,32-33H,1-4H3;6-18,27-28H,1-5H3. The molecule has 0 bridgehead atoms. The first-order valence-corrected chi connectivity index (χ1v) is 21.6. The first kappa shape index (κ1) is 44.3. The van der Waals surface area contributed by atoms with Gasteiger partial charge in [-0.15, -0.1) is 0 Å². The number of hydrogen-bond acceptors (Lipinski definition) is 4. The summed E-state index contributed by atoms with van der Waals surface area (Å²) in [6.07, 6.45) is 0. The van der Waals surface area contributed by atoms with E-state index in [-0.39, 0.29) is 23.7 Å². The Morgan fingerprint density at radius 3 is 0.820 bits per heavy atom. The lowest BCUT2D eigenvalue weighted by Crippen LogP contribution is -2.31. The van der Waals surface area contributed by atoms with Gasteiger partial charge in [0, 0.05) is 5.41 Å². The van der Waals surface area contributed by atoms with E-state index in [4.69, 9.17) is 0 Å². The molecule has 4 N–H and O–H groups in total. The highest BCUT2D eigenvalue weighted by Crippen LogP contribution is 2.48. The van der Waals surface area contributed by atoms with Crippen molar-refractivity contribution in [1.29, 1.82) is 0 Å². The van der Waals surface area contributed by atoms with Crippen molar-refractivity contribution in [1.82, 2.24) is 0 Å². The summed E-state index contributed by atoms with van der Waals surface area (Å²) >= 11 is 0. The monoisotopic (exact) mass is 810 g/mol. The molecule has 0 aliphatic carbocycles. The molecule has 7 aromatic rings. The molecule has 4 nitrogen and oxygen atoms in total. The van der Waals surface area contributed by atoms with Crippen LogP contribution in [0.25, 0.3) is 0 Å². The minimum absolute atomic E-state index is 0.181. The molecule has 0 aromatic heterocycles. The van der Waals surface area contributed by atoms with Crippen molar-refractivity contribution in [3.63, 3.8) is 0 Å². The lowest BCUT2D eigenvalue weighted by Gasteiger charge is -2.38. The highest BCUT2D eigenvalue weighted by molar-refractivity contribution is 5.63. The largest absolute Gasteiger partial charge is 0.508 e. The van der Waals surface area contributed by atoms with Crippen LogP contribution >= 0.6 is 0 Å². The highest BCUT2D eigenvalue weighted by Gasteiger charge is 2.39. The quantitative estimate of drug-likeness (QED) is 0.0981. The second-order valence-electron chi connectivity index (χ2n) is 17.7. The number of phenols is 4. The van der Waals surface area contributed by atoms with E-state index in [2.05, 4.69) is 159 Å². The van der Waals surface area contributed by atoms with Crippen LogP contribution in [0.5, 0.6) is 23.0 Å². The van der Waals surface area contributed by atoms with Crippen molar-refractivity contribution in [2.75, 3.05) is 0 Å². The van der Waals surface area contributed by atoms with Gasteiger partial charge in [-0.1, -0.05) is 195 Å². The summed E-state index contributed by atoms with van der Waals surface area (Å²) in [7, 11) is 0. The number of phenolic OH excluding ortho intramolecular Hbond substituents is 4. The topological polar surface area (TPSA) is 80.9 Å². The molecule has 0 unspecified atom stereocenters. The normalized spacial score (nSPS) is 11.9. The maximum Gasteiger partial charge on any atom is 0.119 e. The Kier molecular flexibility index (Phi) is 13.5. The van der Waals surface area contributed by atoms with Crippen molar-refractivity contribution in [3.05, 3.63) is 225 Å². The van der Waals surface area contributed by atoms with Gasteiger partial charge in [0.1, 0.15) is 23.0 Å². The second-order valence-corrected chi connectivity index (χ2v) is 17.7. The van der Waals surface area contributed by atoms with E-state index in [1.165, 1.54) is 5.56 Å². The van der Waals surface area contributed by atoms with E-state index < -0.39 is 10.8 Å². The van der Waals surface area contributed by atoms with Crippen LogP contribution in [0, 0.1) is 0 Å². The molecule has 0 aliphatic rings. The van der Waals surface area contributed by atoms with Crippen molar-refractivity contribution in [2.24, 2.45) is 0 Å². The van der Waals surface area contributed by atoms with Gasteiger partial charge in [-0.3, -0.25) is 0 Å². The van der Waals surface area contributed by atoms with Gasteiger partial charge in [0.2, 0.25) is 0 Å². The second kappa shape index (κ2) is 18.6. The predicted octanol–water partition coefficient (Wildman–Crippen LogP) is 14.4. The number of aromatic hydroxyl groups is 4. The number of benzene rings is 7. The molecule has 4 heteroatoms. The van der Waals surface area contributed by atoms with Gasteiger partial charge in [-0.2, -0.15) is 0 Å². The summed E-state index contributed by atoms with van der Waals surface area (Å²) in [5, 5.41) is 41.9. The molecule has 61 heavy (non-hydrogen) atoms. The van der Waals surface area contributed by atoms with Crippen LogP contribution in [0.2, 0.25) is 0 Å². The molecular weight excluding hydrogens is 749 g/mol. The molecule has 7 aromatic carbocycles. The molecule has 7 rings (SSSR count). The highest BCUT2D eigenvalue weighted by atomic mass is 16.3. The zero-order chi connectivity index (χ0) is 44.1.